The first-order valence-corrected chi connectivity index (χ1v) is 10.1. The van der Waals surface area contributed by atoms with Gasteiger partial charge in [-0.25, -0.2) is 8.42 Å². The summed E-state index contributed by atoms with van der Waals surface area (Å²) in [6.45, 7) is 0. The van der Waals surface area contributed by atoms with Crippen LogP contribution in [0.4, 0.5) is 0 Å². The third kappa shape index (κ3) is 3.38. The SMILES string of the molecule is COc1ccc(Cl)cc1C(=O)NC1C[C@H]2CC[C@@H](C1)N2S(C)(=O)=O. The predicted molar refractivity (Wildman–Crippen MR) is 92.0 cm³/mol. The summed E-state index contributed by atoms with van der Waals surface area (Å²) in [5, 5.41) is 3.48. The molecule has 132 valence electrons. The maximum atomic E-state index is 12.6. The normalized spacial score (nSPS) is 27.0. The number of hydrogen-bond acceptors (Lipinski definition) is 4. The van der Waals surface area contributed by atoms with Crippen LogP contribution >= 0.6 is 11.6 Å². The highest BCUT2D eigenvalue weighted by atomic mass is 35.5. The van der Waals surface area contributed by atoms with Crippen LogP contribution in [-0.4, -0.2) is 50.1 Å². The van der Waals surface area contributed by atoms with Crippen LogP contribution < -0.4 is 10.1 Å². The highest BCUT2D eigenvalue weighted by Gasteiger charge is 2.45. The van der Waals surface area contributed by atoms with E-state index in [1.54, 1.807) is 22.5 Å². The quantitative estimate of drug-likeness (QED) is 0.877. The number of nitrogens with zero attached hydrogens (tertiary/aromatic N) is 1. The summed E-state index contributed by atoms with van der Waals surface area (Å²) in [5.41, 5.74) is 0.392. The maximum Gasteiger partial charge on any atom is 0.255 e. The van der Waals surface area contributed by atoms with Crippen molar-refractivity contribution in [2.75, 3.05) is 13.4 Å². The fourth-order valence-electron chi connectivity index (χ4n) is 3.91. The van der Waals surface area contributed by atoms with E-state index in [4.69, 9.17) is 16.3 Å². The van der Waals surface area contributed by atoms with Crippen LogP contribution in [0.2, 0.25) is 5.02 Å². The van der Waals surface area contributed by atoms with E-state index in [-0.39, 0.29) is 24.0 Å². The van der Waals surface area contributed by atoms with Crippen molar-refractivity contribution in [3.05, 3.63) is 28.8 Å². The Hall–Kier alpha value is -1.31. The van der Waals surface area contributed by atoms with Gasteiger partial charge >= 0.3 is 0 Å². The van der Waals surface area contributed by atoms with Crippen molar-refractivity contribution in [3.8, 4) is 5.75 Å². The van der Waals surface area contributed by atoms with Gasteiger partial charge in [-0.05, 0) is 43.9 Å². The van der Waals surface area contributed by atoms with Crippen LogP contribution in [0.3, 0.4) is 0 Å². The van der Waals surface area contributed by atoms with Crippen molar-refractivity contribution in [1.29, 1.82) is 0 Å². The van der Waals surface area contributed by atoms with E-state index in [9.17, 15) is 13.2 Å². The summed E-state index contributed by atoms with van der Waals surface area (Å²) in [6, 6.07) is 4.82. The first kappa shape index (κ1) is 17.5. The molecule has 6 nitrogen and oxygen atoms in total. The number of amides is 1. The minimum absolute atomic E-state index is 0.0229. The molecule has 3 atom stereocenters. The molecular formula is C16H21ClN2O4S. The zero-order chi connectivity index (χ0) is 17.5. The van der Waals surface area contributed by atoms with Gasteiger partial charge in [0.15, 0.2) is 0 Å². The summed E-state index contributed by atoms with van der Waals surface area (Å²) >= 11 is 5.98. The molecule has 24 heavy (non-hydrogen) atoms. The number of ether oxygens (including phenoxy) is 1. The van der Waals surface area contributed by atoms with E-state index < -0.39 is 10.0 Å². The van der Waals surface area contributed by atoms with Gasteiger partial charge in [-0.2, -0.15) is 4.31 Å². The zero-order valence-electron chi connectivity index (χ0n) is 13.7. The van der Waals surface area contributed by atoms with Gasteiger partial charge in [-0.15, -0.1) is 0 Å². The second-order valence-electron chi connectivity index (χ2n) is 6.46. The first-order valence-electron chi connectivity index (χ1n) is 7.92. The second-order valence-corrected chi connectivity index (χ2v) is 8.79. The Labute approximate surface area is 147 Å². The van der Waals surface area contributed by atoms with Gasteiger partial charge in [0.1, 0.15) is 5.75 Å². The molecule has 3 rings (SSSR count). The molecule has 8 heteroatoms. The summed E-state index contributed by atoms with van der Waals surface area (Å²) in [5.74, 6) is 0.222. The second kappa shape index (κ2) is 6.54. The van der Waals surface area contributed by atoms with Crippen molar-refractivity contribution in [1.82, 2.24) is 9.62 Å². The Morgan fingerprint density at radius 1 is 1.29 bits per heavy atom. The molecule has 2 aliphatic rings. The lowest BCUT2D eigenvalue weighted by molar-refractivity contribution is 0.0906. The monoisotopic (exact) mass is 372 g/mol. The first-order chi connectivity index (χ1) is 11.3. The van der Waals surface area contributed by atoms with Crippen molar-refractivity contribution in [3.63, 3.8) is 0 Å². The van der Waals surface area contributed by atoms with Gasteiger partial charge in [0, 0.05) is 23.1 Å². The number of hydrogen-bond donors (Lipinski definition) is 1. The molecule has 0 aromatic heterocycles. The number of methoxy groups -OCH3 is 1. The molecular weight excluding hydrogens is 352 g/mol. The molecule has 0 radical (unpaired) electrons. The fourth-order valence-corrected chi connectivity index (χ4v) is 5.55. The van der Waals surface area contributed by atoms with Crippen LogP contribution in [0, 0.1) is 0 Å². The largest absolute Gasteiger partial charge is 0.496 e. The number of sulfonamides is 1. The highest BCUT2D eigenvalue weighted by Crippen LogP contribution is 2.37. The molecule has 1 unspecified atom stereocenters. The molecule has 0 spiro atoms. The van der Waals surface area contributed by atoms with Crippen molar-refractivity contribution >= 4 is 27.5 Å². The fraction of sp³-hybridized carbons (Fsp3) is 0.562. The number of benzene rings is 1. The summed E-state index contributed by atoms with van der Waals surface area (Å²) in [6.07, 6.45) is 4.24. The Kier molecular flexibility index (Phi) is 4.77. The van der Waals surface area contributed by atoms with Crippen molar-refractivity contribution < 1.29 is 17.9 Å². The Bertz CT molecular complexity index is 738. The third-order valence-corrected chi connectivity index (χ3v) is 6.39. The summed E-state index contributed by atoms with van der Waals surface area (Å²) in [7, 11) is -1.69. The van der Waals surface area contributed by atoms with E-state index >= 15 is 0 Å². The third-order valence-electron chi connectivity index (χ3n) is 4.79. The molecule has 2 saturated heterocycles. The average Bonchev–Trinajstić information content (AvgIpc) is 2.79. The average molecular weight is 373 g/mol. The van der Waals surface area contributed by atoms with Gasteiger partial charge in [-0.3, -0.25) is 4.79 Å². The molecule has 1 N–H and O–H groups in total. The molecule has 1 amide bonds. The van der Waals surface area contributed by atoms with Gasteiger partial charge in [-0.1, -0.05) is 11.6 Å². The van der Waals surface area contributed by atoms with Gasteiger partial charge in [0.25, 0.3) is 5.91 Å². The summed E-state index contributed by atoms with van der Waals surface area (Å²) in [4.78, 5) is 12.6. The number of carbonyl (C=O) groups excluding carboxylic acids is 1. The van der Waals surface area contributed by atoms with E-state index in [0.717, 1.165) is 12.8 Å². The molecule has 2 heterocycles. The number of piperidine rings is 1. The van der Waals surface area contributed by atoms with Gasteiger partial charge in [0.05, 0.1) is 18.9 Å². The minimum Gasteiger partial charge on any atom is -0.496 e. The van der Waals surface area contributed by atoms with Crippen molar-refractivity contribution in [2.45, 2.75) is 43.8 Å². The Morgan fingerprint density at radius 3 is 2.46 bits per heavy atom. The van der Waals surface area contributed by atoms with Crippen molar-refractivity contribution in [2.24, 2.45) is 0 Å². The van der Waals surface area contributed by atoms with Crippen LogP contribution in [0.25, 0.3) is 0 Å². The Morgan fingerprint density at radius 2 is 1.92 bits per heavy atom. The lowest BCUT2D eigenvalue weighted by Crippen LogP contribution is -2.52. The molecule has 2 bridgehead atoms. The number of carbonyl (C=O) groups is 1. The highest BCUT2D eigenvalue weighted by molar-refractivity contribution is 7.88. The van der Waals surface area contributed by atoms with Crippen LogP contribution in [-0.2, 0) is 10.0 Å². The predicted octanol–water partition coefficient (Wildman–Crippen LogP) is 2.03. The zero-order valence-corrected chi connectivity index (χ0v) is 15.2. The lowest BCUT2D eigenvalue weighted by atomic mass is 9.99. The molecule has 2 aliphatic heterocycles. The molecule has 1 aromatic rings. The van der Waals surface area contributed by atoms with E-state index in [1.165, 1.54) is 13.4 Å². The minimum atomic E-state index is -3.20. The maximum absolute atomic E-state index is 12.6. The Balaban J connectivity index is 1.73. The standard InChI is InChI=1S/C16H21ClN2O4S/c1-23-15-6-3-10(17)7-14(15)16(20)18-11-8-12-4-5-13(9-11)19(12)24(2,21)22/h3,6-7,11-13H,4-5,8-9H2,1-2H3,(H,18,20)/t11?,12-,13+. The topological polar surface area (TPSA) is 75.7 Å². The summed E-state index contributed by atoms with van der Waals surface area (Å²) < 4.78 is 30.7. The lowest BCUT2D eigenvalue weighted by Gasteiger charge is -2.37. The van der Waals surface area contributed by atoms with E-state index in [0.29, 0.717) is 29.2 Å². The van der Waals surface area contributed by atoms with E-state index in [1.807, 2.05) is 0 Å². The van der Waals surface area contributed by atoms with Crippen LogP contribution in [0.15, 0.2) is 18.2 Å². The van der Waals surface area contributed by atoms with Crippen LogP contribution in [0.5, 0.6) is 5.75 Å². The number of rotatable bonds is 4. The molecule has 0 aliphatic carbocycles. The smallest absolute Gasteiger partial charge is 0.255 e. The molecule has 2 fully saturated rings. The van der Waals surface area contributed by atoms with Gasteiger partial charge < -0.3 is 10.1 Å². The number of halogens is 1. The number of nitrogens with one attached hydrogen (secondary N) is 1. The van der Waals surface area contributed by atoms with Crippen LogP contribution in [0.1, 0.15) is 36.0 Å². The number of fused-ring (bicyclic) bond motifs is 2. The van der Waals surface area contributed by atoms with E-state index in [2.05, 4.69) is 5.32 Å². The van der Waals surface area contributed by atoms with Gasteiger partial charge in [0.2, 0.25) is 10.0 Å². The molecule has 0 saturated carbocycles. The molecule has 1 aromatic carbocycles.